The summed E-state index contributed by atoms with van der Waals surface area (Å²) in [6.07, 6.45) is 0. The summed E-state index contributed by atoms with van der Waals surface area (Å²) in [5.74, 6) is 0. The van der Waals surface area contributed by atoms with E-state index in [1.807, 2.05) is 0 Å². The summed E-state index contributed by atoms with van der Waals surface area (Å²) >= 11 is 11.1. The van der Waals surface area contributed by atoms with E-state index in [0.29, 0.717) is 0 Å². The van der Waals surface area contributed by atoms with Gasteiger partial charge in [-0.2, -0.15) is 34.4 Å². The second-order valence-corrected chi connectivity index (χ2v) is 28.3. The van der Waals surface area contributed by atoms with Gasteiger partial charge in [-0.05, 0) is 0 Å². The van der Waals surface area contributed by atoms with Gasteiger partial charge in [0.25, 0.3) is 0 Å². The van der Waals surface area contributed by atoms with Crippen molar-refractivity contribution in [2.75, 3.05) is 0 Å². The van der Waals surface area contributed by atoms with E-state index >= 15 is 0 Å². The van der Waals surface area contributed by atoms with E-state index in [9.17, 15) is 12.9 Å². The van der Waals surface area contributed by atoms with Crippen LogP contribution in [0, 0.1) is 0 Å². The second-order valence-electron chi connectivity index (χ2n) is 0.923. The van der Waals surface area contributed by atoms with Crippen LogP contribution in [0.4, 0.5) is 12.9 Å². The Hall–Kier alpha value is 2.75. The molecule has 0 nitrogen and oxygen atoms in total. The quantitative estimate of drug-likeness (QED) is 0.463. The molecule has 0 spiro atoms. The summed E-state index contributed by atoms with van der Waals surface area (Å²) < 4.78 is 29.0. The molecular formula is B2Cl7F3Sn. The van der Waals surface area contributed by atoms with Crippen LogP contribution in [-0.4, -0.2) is 26.4 Å². The van der Waals surface area contributed by atoms with Gasteiger partial charge in [0.2, 0.25) is 0 Å². The Kier molecular flexibility index (Phi) is 20.8. The first-order chi connectivity index (χ1) is 5.46. The minimum absolute atomic E-state index is 0.750. The first kappa shape index (κ1) is 21.1. The summed E-state index contributed by atoms with van der Waals surface area (Å²) in [6, 6.07) is 0. The number of hydrogen-bond acceptors (Lipinski definition) is 0. The topological polar surface area (TPSA) is 0 Å². The van der Waals surface area contributed by atoms with Crippen molar-refractivity contribution in [2.45, 2.75) is 0 Å². The van der Waals surface area contributed by atoms with Crippen molar-refractivity contribution in [3.8, 4) is 0 Å². The van der Waals surface area contributed by atoms with E-state index in [0.717, 1.165) is 0 Å². The molecule has 0 fully saturated rings. The average molecular weight is 446 g/mol. The van der Waals surface area contributed by atoms with Crippen molar-refractivity contribution in [3.63, 3.8) is 0 Å². The summed E-state index contributed by atoms with van der Waals surface area (Å²) in [6.45, 7) is 0. The predicted octanol–water partition coefficient (Wildman–Crippen LogP) is 4.94. The van der Waals surface area contributed by atoms with Crippen LogP contribution >= 0.6 is 70.1 Å². The predicted molar refractivity (Wildman–Crippen MR) is 61.6 cm³/mol. The van der Waals surface area contributed by atoms with Crippen LogP contribution < -0.4 is 0 Å². The number of hydrogen-bond donors (Lipinski definition) is 0. The molecule has 0 aliphatic rings. The molecule has 0 saturated heterocycles. The third kappa shape index (κ3) is 317. The molecule has 0 radical (unpaired) electrons. The van der Waals surface area contributed by atoms with Crippen molar-refractivity contribution < 1.29 is 12.9 Å². The molecule has 0 saturated carbocycles. The van der Waals surface area contributed by atoms with Gasteiger partial charge in [-0.1, -0.05) is 0 Å². The Morgan fingerprint density at radius 2 is 0.769 bits per heavy atom. The Labute approximate surface area is 108 Å². The Balaban J connectivity index is -0.000000117. The van der Waals surface area contributed by atoms with Crippen molar-refractivity contribution in [1.82, 2.24) is 0 Å². The van der Waals surface area contributed by atoms with Gasteiger partial charge in [-0.3, -0.25) is 12.9 Å². The molecule has 0 atom stereocenters. The van der Waals surface area contributed by atoms with Crippen molar-refractivity contribution in [2.24, 2.45) is 0 Å². The third-order valence-corrected chi connectivity index (χ3v) is 0. The zero-order valence-electron chi connectivity index (χ0n) is 5.43. The molecule has 0 aliphatic carbocycles. The monoisotopic (exact) mass is 444 g/mol. The molecule has 0 heterocycles. The van der Waals surface area contributed by atoms with E-state index in [1.165, 1.54) is 0 Å². The molecule has 0 unspecified atom stereocenters. The molecule has 0 N–H and O–H groups in total. The molecular weight excluding hydrogens is 446 g/mol. The normalized spacial score (nSPS) is 8.77. The third-order valence-electron chi connectivity index (χ3n) is 0. The Morgan fingerprint density at radius 3 is 0.769 bits per heavy atom. The molecule has 0 bridgehead atoms. The van der Waals surface area contributed by atoms with Gasteiger partial charge < -0.3 is 0 Å². The molecule has 0 rings (SSSR count). The van der Waals surface area contributed by atoms with Gasteiger partial charge in [-0.25, -0.2) is 0 Å². The van der Waals surface area contributed by atoms with E-state index in [-0.39, 0.29) is 0 Å². The molecule has 0 aliphatic heterocycles. The maximum absolute atomic E-state index is 9.67. The average Bonchev–Trinajstić information content (AvgIpc) is 1.50. The molecule has 13 heteroatoms. The second kappa shape index (κ2) is 12.8. The first-order valence-electron chi connectivity index (χ1n) is 2.07. The van der Waals surface area contributed by atoms with Crippen LogP contribution in [0.15, 0.2) is 0 Å². The van der Waals surface area contributed by atoms with Gasteiger partial charge in [0.15, 0.2) is 0 Å². The van der Waals surface area contributed by atoms with Gasteiger partial charge in [-0.15, -0.1) is 0 Å². The zero-order valence-corrected chi connectivity index (χ0v) is 13.6. The van der Waals surface area contributed by atoms with Crippen LogP contribution in [-0.2, 0) is 0 Å². The standard InChI is InChI=1S/BCl3.BF3.4ClH.Sn/c2*2-1(3)4;;;;;/h;;4*1H;/q;;;;;;+4/p-4. The van der Waals surface area contributed by atoms with Gasteiger partial charge in [0.1, 0.15) is 0 Å². The summed E-state index contributed by atoms with van der Waals surface area (Å²) in [5, 5.41) is 0. The van der Waals surface area contributed by atoms with E-state index in [1.54, 1.807) is 0 Å². The van der Waals surface area contributed by atoms with Gasteiger partial charge >= 0.3 is 62.1 Å². The van der Waals surface area contributed by atoms with Crippen LogP contribution in [0.3, 0.4) is 0 Å². The number of rotatable bonds is 0. The van der Waals surface area contributed by atoms with Gasteiger partial charge in [0.05, 0.1) is 0 Å². The van der Waals surface area contributed by atoms with E-state index in [4.69, 9.17) is 70.1 Å². The fraction of sp³-hybridized carbons (Fsp3) is 0. The van der Waals surface area contributed by atoms with Crippen LogP contribution in [0.25, 0.3) is 0 Å². The van der Waals surface area contributed by atoms with E-state index in [2.05, 4.69) is 0 Å². The molecule has 13 heavy (non-hydrogen) atoms. The fourth-order valence-electron chi connectivity index (χ4n) is 0. The van der Waals surface area contributed by atoms with Crippen LogP contribution in [0.1, 0.15) is 0 Å². The Bertz CT molecular complexity index is 76.7. The van der Waals surface area contributed by atoms with Crippen LogP contribution in [0.2, 0.25) is 0 Å². The molecule has 0 aromatic heterocycles. The van der Waals surface area contributed by atoms with Crippen molar-refractivity contribution >= 4 is 96.4 Å². The maximum atomic E-state index is 9.67. The van der Waals surface area contributed by atoms with Gasteiger partial charge in [0, 0.05) is 0 Å². The first-order valence-corrected chi connectivity index (χ1v) is 17.8. The number of halogens is 10. The molecule has 80 valence electrons. The van der Waals surface area contributed by atoms with E-state index < -0.39 is 26.4 Å². The SMILES string of the molecule is ClB(Cl)Cl.FB(F)F.[Cl][Sn]([Cl])([Cl])[Cl]. The molecule has 0 aromatic rings. The Morgan fingerprint density at radius 1 is 0.769 bits per heavy atom. The summed E-state index contributed by atoms with van der Waals surface area (Å²) in [4.78, 5) is -0.750. The minimum atomic E-state index is -3.67. The zero-order chi connectivity index (χ0) is 11.7. The molecule has 0 amide bonds. The summed E-state index contributed by atoms with van der Waals surface area (Å²) in [7, 11) is 16.5. The van der Waals surface area contributed by atoms with Crippen molar-refractivity contribution in [3.05, 3.63) is 0 Å². The van der Waals surface area contributed by atoms with Crippen LogP contribution in [0.5, 0.6) is 0 Å². The molecule has 0 aromatic carbocycles. The summed E-state index contributed by atoms with van der Waals surface area (Å²) in [5.41, 5.74) is 0. The fourth-order valence-corrected chi connectivity index (χ4v) is 0. The van der Waals surface area contributed by atoms with Crippen molar-refractivity contribution in [1.29, 1.82) is 0 Å².